The average molecular weight is 292 g/mol. The van der Waals surface area contributed by atoms with E-state index in [0.717, 1.165) is 29.7 Å². The van der Waals surface area contributed by atoms with Gasteiger partial charge in [0.25, 0.3) is 0 Å². The number of pyridine rings is 1. The molecule has 0 amide bonds. The molecule has 0 atom stereocenters. The van der Waals surface area contributed by atoms with E-state index in [1.165, 1.54) is 11.3 Å². The number of hydrogen-bond acceptors (Lipinski definition) is 5. The van der Waals surface area contributed by atoms with Crippen LogP contribution in [0.4, 0.5) is 5.69 Å². The lowest BCUT2D eigenvalue weighted by Gasteiger charge is -2.12. The Bertz CT molecular complexity index is 862. The van der Waals surface area contributed by atoms with Crippen molar-refractivity contribution in [2.45, 2.75) is 6.42 Å². The lowest BCUT2D eigenvalue weighted by Crippen LogP contribution is -2.12. The Morgan fingerprint density at radius 3 is 2.86 bits per heavy atom. The third-order valence-corrected chi connectivity index (χ3v) is 4.12. The average Bonchev–Trinajstić information content (AvgIpc) is 2.94. The molecular weight excluding hydrogens is 276 g/mol. The minimum absolute atomic E-state index is 0.512. The fourth-order valence-corrected chi connectivity index (χ4v) is 2.96. The highest BCUT2D eigenvalue weighted by molar-refractivity contribution is 5.83. The molecule has 0 radical (unpaired) electrons. The number of fused-ring (bicyclic) bond motifs is 2. The molecule has 0 N–H and O–H groups in total. The van der Waals surface area contributed by atoms with Crippen LogP contribution in [-0.4, -0.2) is 35.7 Å². The molecule has 0 aliphatic carbocycles. The van der Waals surface area contributed by atoms with E-state index >= 15 is 0 Å². The monoisotopic (exact) mass is 292 g/mol. The second-order valence-electron chi connectivity index (χ2n) is 5.46. The quantitative estimate of drug-likeness (QED) is 0.727. The van der Waals surface area contributed by atoms with Crippen molar-refractivity contribution in [1.29, 1.82) is 0 Å². The summed E-state index contributed by atoms with van der Waals surface area (Å²) in [5.41, 5.74) is 6.09. The Balaban J connectivity index is 1.88. The van der Waals surface area contributed by atoms with Gasteiger partial charge in [-0.1, -0.05) is 6.07 Å². The number of aromatic nitrogens is 3. The van der Waals surface area contributed by atoms with Gasteiger partial charge in [0.05, 0.1) is 18.3 Å². The first-order valence-electron chi connectivity index (χ1n) is 7.26. The standard InChI is InChI=1S/C17H16N4O/c1-21-8-5-12-9-11(3-4-15(12)21)13-10-14-16(17(20-13)22-2)19-7-6-18-14/h3-4,6-7,9-10H,5,8H2,1-2H3. The van der Waals surface area contributed by atoms with Gasteiger partial charge in [-0.15, -0.1) is 0 Å². The van der Waals surface area contributed by atoms with Gasteiger partial charge in [0.1, 0.15) is 0 Å². The Morgan fingerprint density at radius 1 is 1.14 bits per heavy atom. The summed E-state index contributed by atoms with van der Waals surface area (Å²) in [6.07, 6.45) is 4.41. The molecule has 0 spiro atoms. The smallest absolute Gasteiger partial charge is 0.242 e. The van der Waals surface area contributed by atoms with Crippen molar-refractivity contribution < 1.29 is 4.74 Å². The molecule has 3 aromatic rings. The molecule has 0 unspecified atom stereocenters. The Hall–Kier alpha value is -2.69. The molecule has 4 rings (SSSR count). The molecule has 0 bridgehead atoms. The van der Waals surface area contributed by atoms with Crippen LogP contribution in [0.15, 0.2) is 36.7 Å². The van der Waals surface area contributed by atoms with Crippen molar-refractivity contribution in [3.63, 3.8) is 0 Å². The second-order valence-corrected chi connectivity index (χ2v) is 5.46. The van der Waals surface area contributed by atoms with E-state index in [9.17, 15) is 0 Å². The van der Waals surface area contributed by atoms with Crippen LogP contribution < -0.4 is 9.64 Å². The number of anilines is 1. The lowest BCUT2D eigenvalue weighted by atomic mass is 10.1. The summed E-state index contributed by atoms with van der Waals surface area (Å²) in [5.74, 6) is 0.512. The molecule has 0 fully saturated rings. The van der Waals surface area contributed by atoms with Gasteiger partial charge in [-0.2, -0.15) is 0 Å². The van der Waals surface area contributed by atoms with E-state index < -0.39 is 0 Å². The highest BCUT2D eigenvalue weighted by Crippen LogP contribution is 2.32. The third kappa shape index (κ3) is 1.97. The molecule has 1 aliphatic heterocycles. The number of rotatable bonds is 2. The molecule has 0 saturated heterocycles. The van der Waals surface area contributed by atoms with Gasteiger partial charge in [0.2, 0.25) is 5.88 Å². The molecule has 110 valence electrons. The van der Waals surface area contributed by atoms with Crippen molar-refractivity contribution in [2.24, 2.45) is 0 Å². The number of ether oxygens (including phenoxy) is 1. The maximum atomic E-state index is 5.38. The minimum Gasteiger partial charge on any atom is -0.479 e. The summed E-state index contributed by atoms with van der Waals surface area (Å²) in [6.45, 7) is 1.07. The molecule has 1 aliphatic rings. The first-order valence-corrected chi connectivity index (χ1v) is 7.26. The Labute approximate surface area is 128 Å². The normalized spacial score (nSPS) is 13.5. The van der Waals surface area contributed by atoms with Crippen molar-refractivity contribution in [2.75, 3.05) is 25.6 Å². The van der Waals surface area contributed by atoms with E-state index in [0.29, 0.717) is 11.4 Å². The molecular formula is C17H16N4O. The van der Waals surface area contributed by atoms with Gasteiger partial charge in [-0.3, -0.25) is 4.98 Å². The van der Waals surface area contributed by atoms with Crippen LogP contribution in [-0.2, 0) is 6.42 Å². The zero-order chi connectivity index (χ0) is 15.1. The highest BCUT2D eigenvalue weighted by Gasteiger charge is 2.17. The van der Waals surface area contributed by atoms with Gasteiger partial charge in [0, 0.05) is 37.2 Å². The second kappa shape index (κ2) is 4.94. The van der Waals surface area contributed by atoms with Gasteiger partial charge in [-0.25, -0.2) is 9.97 Å². The van der Waals surface area contributed by atoms with Crippen molar-refractivity contribution in [1.82, 2.24) is 15.0 Å². The summed E-state index contributed by atoms with van der Waals surface area (Å²) < 4.78 is 5.38. The molecule has 5 nitrogen and oxygen atoms in total. The summed E-state index contributed by atoms with van der Waals surface area (Å²) in [5, 5.41) is 0. The SMILES string of the molecule is COc1nc(-c2ccc3c(c2)CCN3C)cc2nccnc12. The van der Waals surface area contributed by atoms with Gasteiger partial charge in [0.15, 0.2) is 5.52 Å². The van der Waals surface area contributed by atoms with Crippen LogP contribution in [0.3, 0.4) is 0 Å². The topological polar surface area (TPSA) is 51.1 Å². The Morgan fingerprint density at radius 2 is 2.00 bits per heavy atom. The summed E-state index contributed by atoms with van der Waals surface area (Å²) >= 11 is 0. The maximum absolute atomic E-state index is 5.38. The number of methoxy groups -OCH3 is 1. The van der Waals surface area contributed by atoms with Gasteiger partial charge < -0.3 is 9.64 Å². The zero-order valence-corrected chi connectivity index (χ0v) is 12.6. The fraction of sp³-hybridized carbons (Fsp3) is 0.235. The van der Waals surface area contributed by atoms with E-state index in [1.807, 2.05) is 6.07 Å². The lowest BCUT2D eigenvalue weighted by molar-refractivity contribution is 0.403. The van der Waals surface area contributed by atoms with E-state index in [1.54, 1.807) is 19.5 Å². The van der Waals surface area contributed by atoms with Crippen molar-refractivity contribution in [3.05, 3.63) is 42.2 Å². The largest absolute Gasteiger partial charge is 0.479 e. The molecule has 0 saturated carbocycles. The number of benzene rings is 1. The van der Waals surface area contributed by atoms with Crippen molar-refractivity contribution in [3.8, 4) is 17.1 Å². The van der Waals surface area contributed by atoms with Gasteiger partial charge in [-0.05, 0) is 30.2 Å². The molecule has 5 heteroatoms. The summed E-state index contributed by atoms with van der Waals surface area (Å²) in [7, 11) is 3.73. The fourth-order valence-electron chi connectivity index (χ4n) is 2.96. The minimum atomic E-state index is 0.512. The third-order valence-electron chi connectivity index (χ3n) is 4.12. The van der Waals surface area contributed by atoms with E-state index in [4.69, 9.17) is 4.74 Å². The zero-order valence-electron chi connectivity index (χ0n) is 12.6. The first-order chi connectivity index (χ1) is 10.8. The molecule has 2 aromatic heterocycles. The molecule has 1 aromatic carbocycles. The summed E-state index contributed by atoms with van der Waals surface area (Å²) in [6, 6.07) is 8.44. The number of hydrogen-bond donors (Lipinski definition) is 0. The maximum Gasteiger partial charge on any atom is 0.242 e. The van der Waals surface area contributed by atoms with Crippen LogP contribution in [0.1, 0.15) is 5.56 Å². The van der Waals surface area contributed by atoms with Gasteiger partial charge >= 0.3 is 0 Å². The van der Waals surface area contributed by atoms with Crippen LogP contribution >= 0.6 is 0 Å². The van der Waals surface area contributed by atoms with E-state index in [2.05, 4.69) is 45.1 Å². The van der Waals surface area contributed by atoms with Crippen LogP contribution in [0.5, 0.6) is 5.88 Å². The molecule has 3 heterocycles. The number of nitrogens with zero attached hydrogens (tertiary/aromatic N) is 4. The van der Waals surface area contributed by atoms with E-state index in [-0.39, 0.29) is 0 Å². The van der Waals surface area contributed by atoms with Crippen LogP contribution in [0.2, 0.25) is 0 Å². The highest BCUT2D eigenvalue weighted by atomic mass is 16.5. The van der Waals surface area contributed by atoms with Crippen LogP contribution in [0.25, 0.3) is 22.3 Å². The van der Waals surface area contributed by atoms with Crippen molar-refractivity contribution >= 4 is 16.7 Å². The predicted molar refractivity (Wildman–Crippen MR) is 86.3 cm³/mol. The summed E-state index contributed by atoms with van der Waals surface area (Å²) in [4.78, 5) is 15.5. The Kier molecular flexibility index (Phi) is 2.92. The molecule has 22 heavy (non-hydrogen) atoms. The number of likely N-dealkylation sites (N-methyl/N-ethyl adjacent to an activating group) is 1. The van der Waals surface area contributed by atoms with Crippen LogP contribution in [0, 0.1) is 0 Å². The predicted octanol–water partition coefficient (Wildman–Crippen LogP) is 2.69. The first kappa shape index (κ1) is 13.0.